The predicted octanol–water partition coefficient (Wildman–Crippen LogP) is 3.51. The first-order valence-corrected chi connectivity index (χ1v) is 7.83. The highest BCUT2D eigenvalue weighted by molar-refractivity contribution is 6.33. The standard InChI is InChI=1S/C18H20ClNO2/c1-11-4-3-5-12(8-11)18(2)10-20-7-6-13-14(18)9-15(21)17(22)16(13)19/h3-5,8-9,20-22H,6-7,10H2,1-2H3. The average molecular weight is 318 g/mol. The largest absolute Gasteiger partial charge is 0.504 e. The molecule has 1 aliphatic heterocycles. The van der Waals surface area contributed by atoms with Crippen LogP contribution in [0.15, 0.2) is 30.3 Å². The molecule has 3 nitrogen and oxygen atoms in total. The van der Waals surface area contributed by atoms with Gasteiger partial charge in [-0.3, -0.25) is 0 Å². The van der Waals surface area contributed by atoms with Gasteiger partial charge >= 0.3 is 0 Å². The van der Waals surface area contributed by atoms with E-state index in [1.165, 1.54) is 11.1 Å². The number of benzene rings is 2. The molecule has 1 heterocycles. The van der Waals surface area contributed by atoms with Crippen LogP contribution in [0.25, 0.3) is 0 Å². The van der Waals surface area contributed by atoms with E-state index in [0.29, 0.717) is 0 Å². The smallest absolute Gasteiger partial charge is 0.176 e. The second kappa shape index (κ2) is 5.49. The van der Waals surface area contributed by atoms with E-state index in [-0.39, 0.29) is 21.9 Å². The summed E-state index contributed by atoms with van der Waals surface area (Å²) in [7, 11) is 0. The number of halogens is 1. The minimum atomic E-state index is -0.313. The third kappa shape index (κ3) is 2.34. The molecule has 1 aliphatic rings. The van der Waals surface area contributed by atoms with Crippen molar-refractivity contribution in [2.75, 3.05) is 13.1 Å². The van der Waals surface area contributed by atoms with Crippen molar-refractivity contribution in [2.24, 2.45) is 0 Å². The van der Waals surface area contributed by atoms with Gasteiger partial charge in [0.1, 0.15) is 0 Å². The number of hydrogen-bond donors (Lipinski definition) is 3. The Morgan fingerprint density at radius 1 is 1.23 bits per heavy atom. The lowest BCUT2D eigenvalue weighted by Gasteiger charge is -2.32. The molecular weight excluding hydrogens is 298 g/mol. The van der Waals surface area contributed by atoms with Gasteiger partial charge in [0.15, 0.2) is 11.5 Å². The summed E-state index contributed by atoms with van der Waals surface area (Å²) in [6, 6.07) is 10.0. The predicted molar refractivity (Wildman–Crippen MR) is 89.0 cm³/mol. The Hall–Kier alpha value is -1.71. The Labute approximate surface area is 135 Å². The van der Waals surface area contributed by atoms with Crippen LogP contribution in [-0.4, -0.2) is 23.3 Å². The van der Waals surface area contributed by atoms with Gasteiger partial charge in [0.25, 0.3) is 0 Å². The summed E-state index contributed by atoms with van der Waals surface area (Å²) in [5.74, 6) is -0.390. The third-order valence-electron chi connectivity index (χ3n) is 4.60. The van der Waals surface area contributed by atoms with Crippen LogP contribution < -0.4 is 5.32 Å². The van der Waals surface area contributed by atoms with Crippen LogP contribution in [0, 0.1) is 6.92 Å². The molecule has 0 radical (unpaired) electrons. The molecule has 0 aliphatic carbocycles. The number of rotatable bonds is 1. The first kappa shape index (κ1) is 15.2. The highest BCUT2D eigenvalue weighted by Gasteiger charge is 2.35. The normalized spacial score (nSPS) is 21.2. The minimum absolute atomic E-state index is 0.162. The van der Waals surface area contributed by atoms with Gasteiger partial charge in [-0.25, -0.2) is 0 Å². The van der Waals surface area contributed by atoms with Crippen molar-refractivity contribution in [3.05, 3.63) is 57.6 Å². The Bertz CT molecular complexity index is 729. The van der Waals surface area contributed by atoms with Crippen molar-refractivity contribution in [3.63, 3.8) is 0 Å². The lowest BCUT2D eigenvalue weighted by Crippen LogP contribution is -2.35. The summed E-state index contributed by atoms with van der Waals surface area (Å²) in [5.41, 5.74) is 3.93. The molecule has 1 unspecified atom stereocenters. The average Bonchev–Trinajstić information content (AvgIpc) is 2.66. The van der Waals surface area contributed by atoms with E-state index in [9.17, 15) is 10.2 Å². The number of fused-ring (bicyclic) bond motifs is 1. The molecule has 22 heavy (non-hydrogen) atoms. The van der Waals surface area contributed by atoms with Gasteiger partial charge in [-0.05, 0) is 42.6 Å². The first-order valence-electron chi connectivity index (χ1n) is 7.45. The van der Waals surface area contributed by atoms with Gasteiger partial charge in [-0.15, -0.1) is 0 Å². The van der Waals surface area contributed by atoms with Crippen LogP contribution in [0.1, 0.15) is 29.2 Å². The van der Waals surface area contributed by atoms with Gasteiger partial charge in [0.05, 0.1) is 5.02 Å². The number of phenolic OH excluding ortho intramolecular Hbond substituents is 2. The Balaban J connectivity index is 2.27. The van der Waals surface area contributed by atoms with Crippen molar-refractivity contribution >= 4 is 11.6 Å². The van der Waals surface area contributed by atoms with Crippen LogP contribution in [0.5, 0.6) is 11.5 Å². The van der Waals surface area contributed by atoms with Crippen molar-refractivity contribution in [3.8, 4) is 11.5 Å². The fraction of sp³-hybridized carbons (Fsp3) is 0.333. The highest BCUT2D eigenvalue weighted by atomic mass is 35.5. The van der Waals surface area contributed by atoms with Crippen LogP contribution in [-0.2, 0) is 11.8 Å². The zero-order chi connectivity index (χ0) is 15.9. The van der Waals surface area contributed by atoms with E-state index >= 15 is 0 Å². The van der Waals surface area contributed by atoms with Crippen LogP contribution in [0.2, 0.25) is 5.02 Å². The lowest BCUT2D eigenvalue weighted by atomic mass is 9.74. The van der Waals surface area contributed by atoms with E-state index in [0.717, 1.165) is 30.6 Å². The molecule has 4 heteroatoms. The SMILES string of the molecule is Cc1cccc(C2(C)CNCCc3c2cc(O)c(O)c3Cl)c1. The first-order chi connectivity index (χ1) is 10.4. The number of phenols is 2. The second-order valence-electron chi connectivity index (χ2n) is 6.21. The van der Waals surface area contributed by atoms with Crippen molar-refractivity contribution in [1.82, 2.24) is 5.32 Å². The Morgan fingerprint density at radius 2 is 2.00 bits per heavy atom. The third-order valence-corrected chi connectivity index (χ3v) is 5.01. The topological polar surface area (TPSA) is 52.5 Å². The zero-order valence-corrected chi connectivity index (χ0v) is 13.5. The molecule has 3 rings (SSSR count). The van der Waals surface area contributed by atoms with Gasteiger partial charge in [0, 0.05) is 12.0 Å². The molecule has 3 N–H and O–H groups in total. The molecule has 0 aromatic heterocycles. The van der Waals surface area contributed by atoms with Crippen molar-refractivity contribution in [1.29, 1.82) is 0 Å². The van der Waals surface area contributed by atoms with Crippen molar-refractivity contribution in [2.45, 2.75) is 25.7 Å². The number of nitrogens with one attached hydrogen (secondary N) is 1. The number of aromatic hydroxyl groups is 2. The van der Waals surface area contributed by atoms with E-state index in [1.54, 1.807) is 6.07 Å². The summed E-state index contributed by atoms with van der Waals surface area (Å²) in [6.07, 6.45) is 0.726. The highest BCUT2D eigenvalue weighted by Crippen LogP contribution is 2.45. The molecule has 0 bridgehead atoms. The van der Waals surface area contributed by atoms with Crippen LogP contribution >= 0.6 is 11.6 Å². The minimum Gasteiger partial charge on any atom is -0.504 e. The molecule has 2 aromatic rings. The number of hydrogen-bond acceptors (Lipinski definition) is 3. The fourth-order valence-electron chi connectivity index (χ4n) is 3.30. The maximum Gasteiger partial charge on any atom is 0.176 e. The van der Waals surface area contributed by atoms with E-state index in [4.69, 9.17) is 11.6 Å². The van der Waals surface area contributed by atoms with Crippen molar-refractivity contribution < 1.29 is 10.2 Å². The molecule has 0 spiro atoms. The molecule has 2 aromatic carbocycles. The quantitative estimate of drug-likeness (QED) is 0.705. The van der Waals surface area contributed by atoms with Crippen LogP contribution in [0.3, 0.4) is 0 Å². The maximum atomic E-state index is 10.0. The Morgan fingerprint density at radius 3 is 2.73 bits per heavy atom. The monoisotopic (exact) mass is 317 g/mol. The fourth-order valence-corrected chi connectivity index (χ4v) is 3.59. The summed E-state index contributed by atoms with van der Waals surface area (Å²) in [4.78, 5) is 0. The Kier molecular flexibility index (Phi) is 3.79. The molecular formula is C18H20ClNO2. The van der Waals surface area contributed by atoms with Gasteiger partial charge in [0.2, 0.25) is 0 Å². The van der Waals surface area contributed by atoms with Gasteiger partial charge in [-0.2, -0.15) is 0 Å². The molecule has 1 atom stereocenters. The van der Waals surface area contributed by atoms with E-state index in [1.807, 2.05) is 6.07 Å². The van der Waals surface area contributed by atoms with E-state index < -0.39 is 0 Å². The van der Waals surface area contributed by atoms with Crippen LogP contribution in [0.4, 0.5) is 0 Å². The maximum absolute atomic E-state index is 10.0. The van der Waals surface area contributed by atoms with Gasteiger partial charge in [-0.1, -0.05) is 48.4 Å². The van der Waals surface area contributed by atoms with E-state index in [2.05, 4.69) is 37.4 Å². The van der Waals surface area contributed by atoms with Gasteiger partial charge < -0.3 is 15.5 Å². The second-order valence-corrected chi connectivity index (χ2v) is 6.59. The number of aryl methyl sites for hydroxylation is 1. The molecule has 116 valence electrons. The zero-order valence-electron chi connectivity index (χ0n) is 12.8. The summed E-state index contributed by atoms with van der Waals surface area (Å²) in [5, 5.41) is 23.7. The molecule has 0 amide bonds. The molecule has 0 saturated heterocycles. The lowest BCUT2D eigenvalue weighted by molar-refractivity contribution is 0.401. The summed E-state index contributed by atoms with van der Waals surface area (Å²) < 4.78 is 0. The molecule has 0 saturated carbocycles. The summed E-state index contributed by atoms with van der Waals surface area (Å²) >= 11 is 6.30. The molecule has 0 fully saturated rings. The summed E-state index contributed by atoms with van der Waals surface area (Å²) in [6.45, 7) is 5.76.